The average Bonchev–Trinajstić information content (AvgIpc) is 2.33. The monoisotopic (exact) mass is 186 g/mol. The van der Waals surface area contributed by atoms with E-state index in [9.17, 15) is 9.59 Å². The number of nitrogens with two attached hydrogens (primary N) is 1. The van der Waals surface area contributed by atoms with E-state index in [2.05, 4.69) is 5.32 Å². The summed E-state index contributed by atoms with van der Waals surface area (Å²) in [5.41, 5.74) is 5.76. The van der Waals surface area contributed by atoms with Crippen LogP contribution in [0.3, 0.4) is 0 Å². The van der Waals surface area contributed by atoms with Gasteiger partial charge in [0.1, 0.15) is 0 Å². The molecular formula is C7H10N2O2S. The molecule has 12 heavy (non-hydrogen) atoms. The molecular weight excluding hydrogens is 176 g/mol. The van der Waals surface area contributed by atoms with Crippen molar-refractivity contribution in [3.63, 3.8) is 0 Å². The number of amides is 2. The summed E-state index contributed by atoms with van der Waals surface area (Å²) in [7, 11) is 0. The van der Waals surface area contributed by atoms with Gasteiger partial charge in [0.2, 0.25) is 11.8 Å². The van der Waals surface area contributed by atoms with E-state index in [0.717, 1.165) is 5.75 Å². The van der Waals surface area contributed by atoms with Crippen molar-refractivity contribution < 1.29 is 9.59 Å². The number of thioether (sulfide) groups is 1. The van der Waals surface area contributed by atoms with Crippen molar-refractivity contribution in [2.75, 3.05) is 5.75 Å². The number of hydrogen-bond donors (Lipinski definition) is 2. The number of piperidine rings is 1. The molecule has 0 aromatic heterocycles. The van der Waals surface area contributed by atoms with Crippen molar-refractivity contribution in [1.29, 1.82) is 0 Å². The van der Waals surface area contributed by atoms with Crippen LogP contribution >= 0.6 is 11.8 Å². The van der Waals surface area contributed by atoms with E-state index in [0.29, 0.717) is 6.42 Å². The molecule has 0 radical (unpaired) electrons. The molecule has 2 heterocycles. The maximum Gasteiger partial charge on any atom is 0.240 e. The fraction of sp³-hybridized carbons (Fsp3) is 0.714. The van der Waals surface area contributed by atoms with Crippen LogP contribution in [-0.2, 0) is 9.59 Å². The van der Waals surface area contributed by atoms with Crippen LogP contribution in [0.5, 0.6) is 0 Å². The molecule has 0 bridgehead atoms. The fourth-order valence-electron chi connectivity index (χ4n) is 1.69. The quantitative estimate of drug-likeness (QED) is 0.480. The van der Waals surface area contributed by atoms with Gasteiger partial charge in [-0.2, -0.15) is 0 Å². The van der Waals surface area contributed by atoms with Gasteiger partial charge in [-0.1, -0.05) is 0 Å². The molecule has 4 nitrogen and oxygen atoms in total. The third kappa shape index (κ3) is 1.13. The molecule has 0 aromatic rings. The first-order chi connectivity index (χ1) is 5.68. The lowest BCUT2D eigenvalue weighted by molar-refractivity contribution is -0.134. The number of nitrogens with one attached hydrogen (secondary N) is 1. The van der Waals surface area contributed by atoms with Gasteiger partial charge in [-0.15, -0.1) is 11.8 Å². The summed E-state index contributed by atoms with van der Waals surface area (Å²) in [6.07, 6.45) is 0.407. The standard InChI is InChI=1S/C7H10N2O2S/c8-4-2-12-6-3(4)1-5(10)9-7(6)11/h3-4,6H,1-2,8H2,(H,9,10,11). The summed E-state index contributed by atoms with van der Waals surface area (Å²) in [6.45, 7) is 0. The summed E-state index contributed by atoms with van der Waals surface area (Å²) in [4.78, 5) is 22.2. The van der Waals surface area contributed by atoms with Gasteiger partial charge in [-0.25, -0.2) is 0 Å². The van der Waals surface area contributed by atoms with Crippen molar-refractivity contribution in [3.8, 4) is 0 Å². The smallest absolute Gasteiger partial charge is 0.240 e. The van der Waals surface area contributed by atoms with Crippen LogP contribution in [0.15, 0.2) is 0 Å². The van der Waals surface area contributed by atoms with Gasteiger partial charge in [-0.05, 0) is 0 Å². The molecule has 2 fully saturated rings. The first-order valence-corrected chi connectivity index (χ1v) is 4.94. The Morgan fingerprint density at radius 2 is 2.25 bits per heavy atom. The number of carbonyl (C=O) groups is 2. The zero-order chi connectivity index (χ0) is 8.72. The zero-order valence-corrected chi connectivity index (χ0v) is 7.26. The third-order valence-electron chi connectivity index (χ3n) is 2.35. The number of imide groups is 1. The van der Waals surface area contributed by atoms with Crippen LogP contribution in [0.4, 0.5) is 0 Å². The maximum atomic E-state index is 11.2. The molecule has 5 heteroatoms. The largest absolute Gasteiger partial charge is 0.327 e. The summed E-state index contributed by atoms with van der Waals surface area (Å²) in [5, 5.41) is 2.23. The highest BCUT2D eigenvalue weighted by Crippen LogP contribution is 2.35. The molecule has 2 saturated heterocycles. The van der Waals surface area contributed by atoms with Crippen LogP contribution in [0.25, 0.3) is 0 Å². The molecule has 3 atom stereocenters. The SMILES string of the molecule is NC1CSC2C(=O)NC(=O)CC12. The van der Waals surface area contributed by atoms with Gasteiger partial charge >= 0.3 is 0 Å². The van der Waals surface area contributed by atoms with Crippen LogP contribution in [0.2, 0.25) is 0 Å². The minimum atomic E-state index is -0.181. The van der Waals surface area contributed by atoms with Crippen LogP contribution < -0.4 is 11.1 Å². The molecule has 3 unspecified atom stereocenters. The zero-order valence-electron chi connectivity index (χ0n) is 6.45. The van der Waals surface area contributed by atoms with E-state index in [-0.39, 0.29) is 29.0 Å². The Hall–Kier alpha value is -0.550. The van der Waals surface area contributed by atoms with E-state index in [4.69, 9.17) is 5.73 Å². The predicted molar refractivity (Wildman–Crippen MR) is 45.5 cm³/mol. The highest BCUT2D eigenvalue weighted by molar-refractivity contribution is 8.01. The summed E-state index contributed by atoms with van der Waals surface area (Å²) < 4.78 is 0. The molecule has 2 rings (SSSR count). The second-order valence-electron chi connectivity index (χ2n) is 3.20. The first-order valence-electron chi connectivity index (χ1n) is 3.89. The lowest BCUT2D eigenvalue weighted by atomic mass is 9.91. The van der Waals surface area contributed by atoms with E-state index < -0.39 is 0 Å². The first kappa shape index (κ1) is 8.07. The van der Waals surface area contributed by atoms with E-state index in [1.807, 2.05) is 0 Å². The van der Waals surface area contributed by atoms with Gasteiger partial charge in [0.25, 0.3) is 0 Å². The Morgan fingerprint density at radius 1 is 1.50 bits per heavy atom. The van der Waals surface area contributed by atoms with Crippen molar-refractivity contribution in [3.05, 3.63) is 0 Å². The van der Waals surface area contributed by atoms with E-state index in [1.54, 1.807) is 11.8 Å². The highest BCUT2D eigenvalue weighted by Gasteiger charge is 2.43. The van der Waals surface area contributed by atoms with Gasteiger partial charge < -0.3 is 5.73 Å². The Bertz CT molecular complexity index is 244. The molecule has 0 saturated carbocycles. The Balaban J connectivity index is 2.19. The number of hydrogen-bond acceptors (Lipinski definition) is 4. The van der Waals surface area contributed by atoms with Crippen LogP contribution in [-0.4, -0.2) is 28.9 Å². The maximum absolute atomic E-state index is 11.2. The lowest BCUT2D eigenvalue weighted by Gasteiger charge is -2.24. The summed E-state index contributed by atoms with van der Waals surface area (Å²) in [6, 6.07) is 0.00926. The van der Waals surface area contributed by atoms with Crippen LogP contribution in [0.1, 0.15) is 6.42 Å². The molecule has 2 amide bonds. The Kier molecular flexibility index (Phi) is 1.84. The Morgan fingerprint density at radius 3 is 3.00 bits per heavy atom. The topological polar surface area (TPSA) is 72.2 Å². The third-order valence-corrected chi connectivity index (χ3v) is 3.85. The van der Waals surface area contributed by atoms with Crippen molar-refractivity contribution in [2.24, 2.45) is 11.7 Å². The van der Waals surface area contributed by atoms with Gasteiger partial charge in [0.05, 0.1) is 5.25 Å². The second kappa shape index (κ2) is 2.74. The van der Waals surface area contributed by atoms with E-state index in [1.165, 1.54) is 0 Å². The van der Waals surface area contributed by atoms with Gasteiger partial charge in [-0.3, -0.25) is 14.9 Å². The van der Waals surface area contributed by atoms with Crippen molar-refractivity contribution >= 4 is 23.6 Å². The van der Waals surface area contributed by atoms with Gasteiger partial charge in [0.15, 0.2) is 0 Å². The second-order valence-corrected chi connectivity index (χ2v) is 4.37. The fourth-order valence-corrected chi connectivity index (χ4v) is 3.12. The molecule has 0 spiro atoms. The average molecular weight is 186 g/mol. The predicted octanol–water partition coefficient (Wildman–Crippen LogP) is -0.908. The number of fused-ring (bicyclic) bond motifs is 1. The molecule has 0 aliphatic carbocycles. The minimum Gasteiger partial charge on any atom is -0.327 e. The summed E-state index contributed by atoms with van der Waals surface area (Å²) >= 11 is 1.56. The highest BCUT2D eigenvalue weighted by atomic mass is 32.2. The molecule has 0 aromatic carbocycles. The molecule has 66 valence electrons. The Labute approximate surface area is 74.3 Å². The number of rotatable bonds is 0. The van der Waals surface area contributed by atoms with E-state index >= 15 is 0 Å². The normalized spacial score (nSPS) is 40.9. The summed E-state index contributed by atoms with van der Waals surface area (Å²) in [5.74, 6) is 0.514. The van der Waals surface area contributed by atoms with Crippen molar-refractivity contribution in [1.82, 2.24) is 5.32 Å². The van der Waals surface area contributed by atoms with Crippen molar-refractivity contribution in [2.45, 2.75) is 17.7 Å². The lowest BCUT2D eigenvalue weighted by Crippen LogP contribution is -2.49. The van der Waals surface area contributed by atoms with Crippen LogP contribution in [0, 0.1) is 5.92 Å². The minimum absolute atomic E-state index is 0.00926. The number of carbonyl (C=O) groups excluding carboxylic acids is 2. The molecule has 2 aliphatic rings. The van der Waals surface area contributed by atoms with Gasteiger partial charge in [0, 0.05) is 24.1 Å². The molecule has 2 aliphatic heterocycles. The molecule has 3 N–H and O–H groups in total.